The summed E-state index contributed by atoms with van der Waals surface area (Å²) in [6, 6.07) is 7.76. The quantitative estimate of drug-likeness (QED) is 0.812. The predicted molar refractivity (Wildman–Crippen MR) is 62.3 cm³/mol. The number of aliphatic hydroxyl groups excluding tert-OH is 1. The zero-order chi connectivity index (χ0) is 10.8. The van der Waals surface area contributed by atoms with Crippen LogP contribution < -0.4 is 0 Å². The van der Waals surface area contributed by atoms with E-state index in [4.69, 9.17) is 16.3 Å². The summed E-state index contributed by atoms with van der Waals surface area (Å²) in [5.41, 5.74) is 0.736. The van der Waals surface area contributed by atoms with Crippen molar-refractivity contribution in [3.63, 3.8) is 0 Å². The van der Waals surface area contributed by atoms with Crippen LogP contribution in [0.15, 0.2) is 29.2 Å². The third-order valence-electron chi connectivity index (χ3n) is 2.37. The van der Waals surface area contributed by atoms with Gasteiger partial charge in [-0.25, -0.2) is 0 Å². The van der Waals surface area contributed by atoms with Crippen molar-refractivity contribution in [2.75, 3.05) is 6.61 Å². The number of alkyl halides is 1. The second-order valence-corrected chi connectivity index (χ2v) is 5.01. The monoisotopic (exact) mass is 244 g/mol. The molecule has 2 rings (SSSR count). The maximum absolute atomic E-state index is 10.0. The molecule has 1 heterocycles. The van der Waals surface area contributed by atoms with Crippen LogP contribution in [0.3, 0.4) is 0 Å². The molecule has 1 aliphatic rings. The molecule has 0 aliphatic carbocycles. The van der Waals surface area contributed by atoms with Gasteiger partial charge in [-0.3, -0.25) is 0 Å². The first-order valence-electron chi connectivity index (χ1n) is 4.93. The molecule has 1 aromatic rings. The zero-order valence-corrected chi connectivity index (χ0v) is 9.96. The topological polar surface area (TPSA) is 29.5 Å². The van der Waals surface area contributed by atoms with Gasteiger partial charge in [0.25, 0.3) is 0 Å². The van der Waals surface area contributed by atoms with Crippen molar-refractivity contribution in [2.45, 2.75) is 28.7 Å². The number of thioether (sulfide) groups is 1. The summed E-state index contributed by atoms with van der Waals surface area (Å²) in [6.07, 6.45) is -0.638. The average Bonchev–Trinajstić information content (AvgIpc) is 2.26. The highest BCUT2D eigenvalue weighted by molar-refractivity contribution is 8.00. The van der Waals surface area contributed by atoms with E-state index in [0.717, 1.165) is 10.5 Å². The Balaban J connectivity index is 2.28. The van der Waals surface area contributed by atoms with Crippen LogP contribution in [0.2, 0.25) is 0 Å². The van der Waals surface area contributed by atoms with E-state index in [-0.39, 0.29) is 10.8 Å². The van der Waals surface area contributed by atoms with Gasteiger partial charge in [0.15, 0.2) is 0 Å². The van der Waals surface area contributed by atoms with Crippen LogP contribution in [0.4, 0.5) is 0 Å². The van der Waals surface area contributed by atoms with Crippen molar-refractivity contribution < 1.29 is 9.84 Å². The molecule has 0 fully saturated rings. The lowest BCUT2D eigenvalue weighted by molar-refractivity contribution is 0.0686. The number of halogens is 1. The molecule has 4 heteroatoms. The lowest BCUT2D eigenvalue weighted by Crippen LogP contribution is -2.31. The lowest BCUT2D eigenvalue weighted by Gasteiger charge is -2.32. The Morgan fingerprint density at radius 1 is 1.47 bits per heavy atom. The van der Waals surface area contributed by atoms with E-state index in [2.05, 4.69) is 0 Å². The molecule has 0 saturated carbocycles. The maximum Gasteiger partial charge on any atom is 0.126 e. The van der Waals surface area contributed by atoms with Crippen LogP contribution in [0, 0.1) is 0 Å². The summed E-state index contributed by atoms with van der Waals surface area (Å²) in [6.45, 7) is 2.53. The van der Waals surface area contributed by atoms with Crippen LogP contribution in [0.25, 0.3) is 0 Å². The van der Waals surface area contributed by atoms with Crippen LogP contribution in [-0.4, -0.2) is 22.5 Å². The highest BCUT2D eigenvalue weighted by atomic mass is 35.5. The molecule has 0 aromatic heterocycles. The van der Waals surface area contributed by atoms with Gasteiger partial charge in [0.05, 0.1) is 11.5 Å². The molecule has 3 atom stereocenters. The standard InChI is InChI=1S/C11H13ClO2S/c1-2-14-11-9(12)10(13)7-5-3-4-6-8(7)15-11/h3-6,9-11,13H,2H2,1H3. The molecule has 0 saturated heterocycles. The summed E-state index contributed by atoms with van der Waals surface area (Å²) in [4.78, 5) is 1.06. The fraction of sp³-hybridized carbons (Fsp3) is 0.455. The van der Waals surface area contributed by atoms with Crippen LogP contribution in [0.1, 0.15) is 18.6 Å². The van der Waals surface area contributed by atoms with Gasteiger partial charge >= 0.3 is 0 Å². The number of ether oxygens (including phenoxy) is 1. The Labute approximate surface area is 98.6 Å². The Kier molecular flexibility index (Phi) is 3.57. The summed E-state index contributed by atoms with van der Waals surface area (Å²) < 4.78 is 5.49. The summed E-state index contributed by atoms with van der Waals surface area (Å²) >= 11 is 7.72. The number of fused-ring (bicyclic) bond motifs is 1. The smallest absolute Gasteiger partial charge is 0.126 e. The van der Waals surface area contributed by atoms with Gasteiger partial charge in [0, 0.05) is 11.5 Å². The fourth-order valence-corrected chi connectivity index (χ4v) is 3.21. The second-order valence-electron chi connectivity index (χ2n) is 3.37. The molecule has 15 heavy (non-hydrogen) atoms. The number of rotatable bonds is 2. The highest BCUT2D eigenvalue weighted by Crippen LogP contribution is 2.43. The molecule has 0 radical (unpaired) electrons. The molecule has 2 nitrogen and oxygen atoms in total. The molecular formula is C11H13ClO2S. The molecule has 3 unspecified atom stereocenters. The van der Waals surface area contributed by atoms with Gasteiger partial charge in [-0.1, -0.05) is 30.0 Å². The first-order chi connectivity index (χ1) is 7.24. The first-order valence-corrected chi connectivity index (χ1v) is 6.25. The van der Waals surface area contributed by atoms with Gasteiger partial charge in [-0.05, 0) is 18.6 Å². The van der Waals surface area contributed by atoms with E-state index in [9.17, 15) is 5.11 Å². The Hall–Kier alpha value is -0.220. The lowest BCUT2D eigenvalue weighted by atomic mass is 10.1. The van der Waals surface area contributed by atoms with Gasteiger partial charge in [-0.15, -0.1) is 11.6 Å². The van der Waals surface area contributed by atoms with Gasteiger partial charge < -0.3 is 9.84 Å². The minimum atomic E-state index is -0.638. The number of hydrogen-bond acceptors (Lipinski definition) is 3. The van der Waals surface area contributed by atoms with E-state index in [0.29, 0.717) is 6.61 Å². The summed E-state index contributed by atoms with van der Waals surface area (Å²) in [7, 11) is 0. The first kappa shape index (κ1) is 11.3. The van der Waals surface area contributed by atoms with E-state index in [1.54, 1.807) is 11.8 Å². The number of aliphatic hydroxyl groups is 1. The van der Waals surface area contributed by atoms with Gasteiger partial charge in [0.1, 0.15) is 5.44 Å². The minimum Gasteiger partial charge on any atom is -0.387 e. The van der Waals surface area contributed by atoms with Crippen LogP contribution >= 0.6 is 23.4 Å². The third kappa shape index (κ3) is 2.16. The molecule has 1 aromatic carbocycles. The van der Waals surface area contributed by atoms with E-state index in [1.807, 2.05) is 31.2 Å². The number of hydrogen-bond donors (Lipinski definition) is 1. The Bertz CT molecular complexity index is 345. The molecular weight excluding hydrogens is 232 g/mol. The molecule has 0 bridgehead atoms. The highest BCUT2D eigenvalue weighted by Gasteiger charge is 2.35. The van der Waals surface area contributed by atoms with Crippen molar-refractivity contribution >= 4 is 23.4 Å². The summed E-state index contributed by atoms with van der Waals surface area (Å²) in [5, 5.41) is 9.62. The van der Waals surface area contributed by atoms with Gasteiger partial charge in [-0.2, -0.15) is 0 Å². The van der Waals surface area contributed by atoms with Crippen molar-refractivity contribution in [2.24, 2.45) is 0 Å². The zero-order valence-electron chi connectivity index (χ0n) is 8.39. The molecule has 1 aliphatic heterocycles. The van der Waals surface area contributed by atoms with E-state index < -0.39 is 6.10 Å². The molecule has 0 spiro atoms. The largest absolute Gasteiger partial charge is 0.387 e. The summed E-state index contributed by atoms with van der Waals surface area (Å²) in [5.74, 6) is 0. The van der Waals surface area contributed by atoms with Crippen molar-refractivity contribution in [3.8, 4) is 0 Å². The third-order valence-corrected chi connectivity index (χ3v) is 4.28. The Morgan fingerprint density at radius 3 is 2.93 bits per heavy atom. The SMILES string of the molecule is CCOC1Sc2ccccc2C(O)C1Cl. The number of benzene rings is 1. The average molecular weight is 245 g/mol. The maximum atomic E-state index is 10.0. The second kappa shape index (κ2) is 4.74. The fourth-order valence-electron chi connectivity index (χ4n) is 1.63. The molecule has 1 N–H and O–H groups in total. The van der Waals surface area contributed by atoms with Gasteiger partial charge in [0.2, 0.25) is 0 Å². The minimum absolute atomic E-state index is 0.165. The molecule has 0 amide bonds. The van der Waals surface area contributed by atoms with E-state index >= 15 is 0 Å². The van der Waals surface area contributed by atoms with Crippen molar-refractivity contribution in [1.82, 2.24) is 0 Å². The predicted octanol–water partition coefficient (Wildman–Crippen LogP) is 2.80. The Morgan fingerprint density at radius 2 is 2.20 bits per heavy atom. The van der Waals surface area contributed by atoms with E-state index in [1.165, 1.54) is 0 Å². The van der Waals surface area contributed by atoms with Crippen LogP contribution in [-0.2, 0) is 4.74 Å². The normalized spacial score (nSPS) is 29.9. The van der Waals surface area contributed by atoms with Crippen molar-refractivity contribution in [3.05, 3.63) is 29.8 Å². The van der Waals surface area contributed by atoms with Crippen LogP contribution in [0.5, 0.6) is 0 Å². The molecule has 82 valence electrons. The van der Waals surface area contributed by atoms with Crippen molar-refractivity contribution in [1.29, 1.82) is 0 Å².